The van der Waals surface area contributed by atoms with Crippen molar-refractivity contribution in [3.63, 3.8) is 0 Å². The SMILES string of the molecule is O=C(/C=C/c1cccs1)Nc1cc(N2CCCC2)ncn1. The van der Waals surface area contributed by atoms with E-state index in [1.165, 1.54) is 25.2 Å². The molecule has 0 radical (unpaired) electrons. The molecule has 0 unspecified atom stereocenters. The lowest BCUT2D eigenvalue weighted by atomic mass is 10.4. The maximum Gasteiger partial charge on any atom is 0.249 e. The normalized spacial score (nSPS) is 14.8. The zero-order valence-electron chi connectivity index (χ0n) is 11.5. The van der Waals surface area contributed by atoms with Gasteiger partial charge in [0.15, 0.2) is 0 Å². The average Bonchev–Trinajstić information content (AvgIpc) is 3.19. The second-order valence-electron chi connectivity index (χ2n) is 4.79. The summed E-state index contributed by atoms with van der Waals surface area (Å²) in [5.41, 5.74) is 0. The van der Waals surface area contributed by atoms with E-state index >= 15 is 0 Å². The molecule has 0 aromatic carbocycles. The van der Waals surface area contributed by atoms with Crippen LogP contribution in [0.25, 0.3) is 6.08 Å². The van der Waals surface area contributed by atoms with Gasteiger partial charge in [0.1, 0.15) is 18.0 Å². The first kappa shape index (κ1) is 13.8. The van der Waals surface area contributed by atoms with Gasteiger partial charge in [-0.25, -0.2) is 9.97 Å². The fourth-order valence-electron chi connectivity index (χ4n) is 2.25. The Labute approximate surface area is 127 Å². The van der Waals surface area contributed by atoms with Crippen molar-refractivity contribution in [3.05, 3.63) is 40.9 Å². The van der Waals surface area contributed by atoms with Crippen LogP contribution in [0.4, 0.5) is 11.6 Å². The summed E-state index contributed by atoms with van der Waals surface area (Å²) in [6.45, 7) is 2.03. The third-order valence-electron chi connectivity index (χ3n) is 3.28. The molecule has 0 spiro atoms. The first-order valence-electron chi connectivity index (χ1n) is 6.91. The van der Waals surface area contributed by atoms with Gasteiger partial charge in [0.2, 0.25) is 5.91 Å². The van der Waals surface area contributed by atoms with Crippen molar-refractivity contribution in [3.8, 4) is 0 Å². The van der Waals surface area contributed by atoms with Crippen molar-refractivity contribution in [1.29, 1.82) is 0 Å². The molecule has 6 heteroatoms. The van der Waals surface area contributed by atoms with Crippen LogP contribution in [-0.2, 0) is 4.79 Å². The molecule has 1 fully saturated rings. The van der Waals surface area contributed by atoms with Gasteiger partial charge < -0.3 is 10.2 Å². The Morgan fingerprint density at radius 2 is 2.19 bits per heavy atom. The molecule has 3 rings (SSSR count). The number of hydrogen-bond donors (Lipinski definition) is 1. The standard InChI is InChI=1S/C15H16N4OS/c20-15(6-5-12-4-3-9-21-12)18-13-10-14(17-11-16-13)19-7-1-2-8-19/h3-6,9-11H,1-2,7-8H2,(H,16,17,18,20)/b6-5+. The highest BCUT2D eigenvalue weighted by atomic mass is 32.1. The molecule has 1 saturated heterocycles. The summed E-state index contributed by atoms with van der Waals surface area (Å²) >= 11 is 1.59. The molecule has 1 amide bonds. The molecule has 1 aliphatic rings. The van der Waals surface area contributed by atoms with Gasteiger partial charge in [0.05, 0.1) is 0 Å². The number of thiophene rings is 1. The van der Waals surface area contributed by atoms with Gasteiger partial charge in [-0.05, 0) is 30.4 Å². The molecule has 2 aromatic rings. The topological polar surface area (TPSA) is 58.1 Å². The zero-order valence-corrected chi connectivity index (χ0v) is 12.3. The number of carbonyl (C=O) groups is 1. The summed E-state index contributed by atoms with van der Waals surface area (Å²) in [4.78, 5) is 23.5. The van der Waals surface area contributed by atoms with Gasteiger partial charge in [0, 0.05) is 30.1 Å². The Morgan fingerprint density at radius 3 is 2.95 bits per heavy atom. The van der Waals surface area contributed by atoms with Crippen LogP contribution >= 0.6 is 11.3 Å². The summed E-state index contributed by atoms with van der Waals surface area (Å²) in [5.74, 6) is 1.22. The van der Waals surface area contributed by atoms with E-state index in [1.807, 2.05) is 23.6 Å². The molecule has 1 N–H and O–H groups in total. The number of aromatic nitrogens is 2. The van der Waals surface area contributed by atoms with Crippen LogP contribution in [0.15, 0.2) is 36.0 Å². The van der Waals surface area contributed by atoms with E-state index in [9.17, 15) is 4.79 Å². The van der Waals surface area contributed by atoms with Crippen LogP contribution in [0, 0.1) is 0 Å². The molecule has 108 valence electrons. The lowest BCUT2D eigenvalue weighted by molar-refractivity contribution is -0.111. The summed E-state index contributed by atoms with van der Waals surface area (Å²) in [6.07, 6.45) is 7.18. The van der Waals surface area contributed by atoms with Crippen LogP contribution in [-0.4, -0.2) is 29.0 Å². The van der Waals surface area contributed by atoms with Gasteiger partial charge in [-0.15, -0.1) is 11.3 Å². The average molecular weight is 300 g/mol. The number of carbonyl (C=O) groups excluding carboxylic acids is 1. The highest BCUT2D eigenvalue weighted by molar-refractivity contribution is 7.10. The summed E-state index contributed by atoms with van der Waals surface area (Å²) in [7, 11) is 0. The maximum absolute atomic E-state index is 11.9. The number of nitrogens with one attached hydrogen (secondary N) is 1. The van der Waals surface area contributed by atoms with Gasteiger partial charge in [-0.3, -0.25) is 4.79 Å². The summed E-state index contributed by atoms with van der Waals surface area (Å²) in [6, 6.07) is 5.74. The van der Waals surface area contributed by atoms with Gasteiger partial charge >= 0.3 is 0 Å². The first-order chi connectivity index (χ1) is 10.3. The lowest BCUT2D eigenvalue weighted by Gasteiger charge is -2.16. The zero-order chi connectivity index (χ0) is 14.5. The molecule has 3 heterocycles. The van der Waals surface area contributed by atoms with Crippen LogP contribution in [0.2, 0.25) is 0 Å². The molecule has 0 saturated carbocycles. The van der Waals surface area contributed by atoms with E-state index in [1.54, 1.807) is 17.4 Å². The van der Waals surface area contributed by atoms with Crippen molar-refractivity contribution in [2.24, 2.45) is 0 Å². The van der Waals surface area contributed by atoms with E-state index in [0.717, 1.165) is 23.8 Å². The highest BCUT2D eigenvalue weighted by Gasteiger charge is 2.14. The van der Waals surface area contributed by atoms with Crippen LogP contribution in [0.1, 0.15) is 17.7 Å². The van der Waals surface area contributed by atoms with Crippen molar-refractivity contribution in [1.82, 2.24) is 9.97 Å². The summed E-state index contributed by atoms with van der Waals surface area (Å²) < 4.78 is 0. The predicted molar refractivity (Wildman–Crippen MR) is 85.5 cm³/mol. The van der Waals surface area contributed by atoms with Crippen LogP contribution in [0.5, 0.6) is 0 Å². The van der Waals surface area contributed by atoms with E-state index in [2.05, 4.69) is 20.2 Å². The predicted octanol–water partition coefficient (Wildman–Crippen LogP) is 2.79. The lowest BCUT2D eigenvalue weighted by Crippen LogP contribution is -2.19. The Morgan fingerprint density at radius 1 is 1.33 bits per heavy atom. The number of anilines is 2. The van der Waals surface area contributed by atoms with Gasteiger partial charge in [0.25, 0.3) is 0 Å². The molecule has 2 aromatic heterocycles. The van der Waals surface area contributed by atoms with Crippen molar-refractivity contribution >= 4 is 35.0 Å². The molecule has 0 atom stereocenters. The molecule has 5 nitrogen and oxygen atoms in total. The number of rotatable bonds is 4. The van der Waals surface area contributed by atoms with Gasteiger partial charge in [-0.2, -0.15) is 0 Å². The van der Waals surface area contributed by atoms with Crippen molar-refractivity contribution in [2.45, 2.75) is 12.8 Å². The van der Waals surface area contributed by atoms with Gasteiger partial charge in [-0.1, -0.05) is 6.07 Å². The number of hydrogen-bond acceptors (Lipinski definition) is 5. The largest absolute Gasteiger partial charge is 0.356 e. The second kappa shape index (κ2) is 6.49. The van der Waals surface area contributed by atoms with Crippen LogP contribution in [0.3, 0.4) is 0 Å². The van der Waals surface area contributed by atoms with E-state index in [4.69, 9.17) is 0 Å². The fourth-order valence-corrected chi connectivity index (χ4v) is 2.86. The molecule has 0 bridgehead atoms. The minimum Gasteiger partial charge on any atom is -0.356 e. The molecule has 21 heavy (non-hydrogen) atoms. The van der Waals surface area contributed by atoms with E-state index < -0.39 is 0 Å². The molecular weight excluding hydrogens is 284 g/mol. The molecule has 1 aliphatic heterocycles. The smallest absolute Gasteiger partial charge is 0.249 e. The summed E-state index contributed by atoms with van der Waals surface area (Å²) in [5, 5.41) is 4.75. The quantitative estimate of drug-likeness (QED) is 0.882. The minimum atomic E-state index is -0.186. The fraction of sp³-hybridized carbons (Fsp3) is 0.267. The third-order valence-corrected chi connectivity index (χ3v) is 4.11. The second-order valence-corrected chi connectivity index (χ2v) is 5.77. The maximum atomic E-state index is 11.9. The minimum absolute atomic E-state index is 0.186. The highest BCUT2D eigenvalue weighted by Crippen LogP contribution is 2.19. The monoisotopic (exact) mass is 300 g/mol. The number of nitrogens with zero attached hydrogens (tertiary/aromatic N) is 3. The van der Waals surface area contributed by atoms with Crippen molar-refractivity contribution in [2.75, 3.05) is 23.3 Å². The Balaban J connectivity index is 1.64. The molecular formula is C15H16N4OS. The number of amides is 1. The van der Waals surface area contributed by atoms with Crippen LogP contribution < -0.4 is 10.2 Å². The third kappa shape index (κ3) is 3.66. The van der Waals surface area contributed by atoms with Crippen molar-refractivity contribution < 1.29 is 4.79 Å². The Bertz CT molecular complexity index is 633. The Hall–Kier alpha value is -2.21. The van der Waals surface area contributed by atoms with E-state index in [-0.39, 0.29) is 5.91 Å². The first-order valence-corrected chi connectivity index (χ1v) is 7.79. The molecule has 0 aliphatic carbocycles. The Kier molecular flexibility index (Phi) is 4.25. The van der Waals surface area contributed by atoms with E-state index in [0.29, 0.717) is 5.82 Å².